The molecule has 0 amide bonds. The molecule has 7 heteroatoms. The molecule has 0 saturated heterocycles. The van der Waals surface area contributed by atoms with E-state index in [9.17, 15) is 8.42 Å². The molecule has 0 aliphatic heterocycles. The van der Waals surface area contributed by atoms with E-state index in [2.05, 4.69) is 10.0 Å². The van der Waals surface area contributed by atoms with Crippen LogP contribution in [0.5, 0.6) is 0 Å². The third kappa shape index (κ3) is 5.46. The molecule has 0 radical (unpaired) electrons. The fourth-order valence-electron chi connectivity index (χ4n) is 1.49. The number of rotatable bonds is 7. The minimum Gasteiger partial charge on any atom is -0.392 e. The summed E-state index contributed by atoms with van der Waals surface area (Å²) in [7, 11) is -3.59. The van der Waals surface area contributed by atoms with Crippen molar-refractivity contribution in [1.82, 2.24) is 10.0 Å². The van der Waals surface area contributed by atoms with Gasteiger partial charge in [-0.25, -0.2) is 13.1 Å². The number of nitrogens with one attached hydrogen (secondary N) is 2. The second kappa shape index (κ2) is 7.21. The highest BCUT2D eigenvalue weighted by Crippen LogP contribution is 2.21. The first-order valence-electron chi connectivity index (χ1n) is 5.97. The summed E-state index contributed by atoms with van der Waals surface area (Å²) in [5.41, 5.74) is 0.905. The normalized spacial score (nSPS) is 13.5. The lowest BCUT2D eigenvalue weighted by atomic mass is 10.2. The van der Waals surface area contributed by atoms with Crippen LogP contribution in [0.4, 0.5) is 0 Å². The molecule has 0 heterocycles. The van der Waals surface area contributed by atoms with Gasteiger partial charge in [-0.15, -0.1) is 0 Å². The summed E-state index contributed by atoms with van der Waals surface area (Å²) in [6.07, 6.45) is -0.455. The van der Waals surface area contributed by atoms with Gasteiger partial charge in [-0.3, -0.25) is 0 Å². The Kier molecular flexibility index (Phi) is 6.22. The van der Waals surface area contributed by atoms with Crippen LogP contribution in [0.3, 0.4) is 0 Å². The largest absolute Gasteiger partial charge is 0.392 e. The quantitative estimate of drug-likeness (QED) is 0.654. The first-order valence-corrected chi connectivity index (χ1v) is 7.83. The number of benzene rings is 1. The number of halogens is 1. The second-order valence-electron chi connectivity index (χ2n) is 4.38. The maximum Gasteiger partial charge on any atom is 0.242 e. The van der Waals surface area contributed by atoms with E-state index in [1.807, 2.05) is 6.92 Å². The summed E-state index contributed by atoms with van der Waals surface area (Å²) in [6.45, 7) is 4.60. The Balaban J connectivity index is 2.56. The van der Waals surface area contributed by atoms with Gasteiger partial charge in [0.1, 0.15) is 4.90 Å². The summed E-state index contributed by atoms with van der Waals surface area (Å²) in [4.78, 5) is 0.0790. The zero-order chi connectivity index (χ0) is 14.5. The summed E-state index contributed by atoms with van der Waals surface area (Å²) in [5, 5.41) is 12.2. The molecule has 0 fully saturated rings. The van der Waals surface area contributed by atoms with E-state index in [0.717, 1.165) is 5.56 Å². The van der Waals surface area contributed by atoms with E-state index < -0.39 is 16.1 Å². The van der Waals surface area contributed by atoms with Gasteiger partial charge in [-0.1, -0.05) is 17.7 Å². The summed E-state index contributed by atoms with van der Waals surface area (Å²) >= 11 is 5.93. The van der Waals surface area contributed by atoms with Gasteiger partial charge < -0.3 is 10.4 Å². The molecule has 0 aromatic heterocycles. The number of aryl methyl sites for hydroxylation is 1. The highest BCUT2D eigenvalue weighted by Gasteiger charge is 2.16. The maximum atomic E-state index is 12.0. The Hall–Kier alpha value is -0.660. The van der Waals surface area contributed by atoms with Crippen molar-refractivity contribution in [3.8, 4) is 0 Å². The zero-order valence-electron chi connectivity index (χ0n) is 11.0. The topological polar surface area (TPSA) is 78.4 Å². The molecule has 0 saturated carbocycles. The molecule has 1 rings (SSSR count). The molecule has 108 valence electrons. The number of hydrogen-bond acceptors (Lipinski definition) is 4. The van der Waals surface area contributed by atoms with Crippen LogP contribution in [0.1, 0.15) is 12.5 Å². The zero-order valence-corrected chi connectivity index (χ0v) is 12.6. The molecule has 1 atom stereocenters. The first-order chi connectivity index (χ1) is 8.83. The Morgan fingerprint density at radius 2 is 2.05 bits per heavy atom. The van der Waals surface area contributed by atoms with Crippen molar-refractivity contribution in [3.05, 3.63) is 28.8 Å². The number of aliphatic hydroxyl groups excluding tert-OH is 1. The van der Waals surface area contributed by atoms with Crippen molar-refractivity contribution in [2.24, 2.45) is 0 Å². The van der Waals surface area contributed by atoms with Crippen molar-refractivity contribution in [2.45, 2.75) is 24.8 Å². The van der Waals surface area contributed by atoms with E-state index in [1.54, 1.807) is 19.1 Å². The van der Waals surface area contributed by atoms with Crippen molar-refractivity contribution in [2.75, 3.05) is 19.6 Å². The van der Waals surface area contributed by atoms with Gasteiger partial charge in [0.15, 0.2) is 0 Å². The Labute approximate surface area is 119 Å². The predicted octanol–water partition coefficient (Wildman–Crippen LogP) is 0.897. The molecule has 0 spiro atoms. The molecule has 0 aliphatic carbocycles. The summed E-state index contributed by atoms with van der Waals surface area (Å²) < 4.78 is 26.4. The molecular weight excluding hydrogens is 288 g/mol. The molecule has 3 N–H and O–H groups in total. The highest BCUT2D eigenvalue weighted by atomic mass is 35.5. The van der Waals surface area contributed by atoms with Gasteiger partial charge in [0.25, 0.3) is 0 Å². The lowest BCUT2D eigenvalue weighted by Crippen LogP contribution is -2.34. The van der Waals surface area contributed by atoms with Gasteiger partial charge in [-0.2, -0.15) is 0 Å². The van der Waals surface area contributed by atoms with Crippen LogP contribution in [0.25, 0.3) is 0 Å². The van der Waals surface area contributed by atoms with Crippen LogP contribution >= 0.6 is 11.6 Å². The van der Waals surface area contributed by atoms with Crippen LogP contribution < -0.4 is 10.0 Å². The lowest BCUT2D eigenvalue weighted by molar-refractivity contribution is 0.192. The van der Waals surface area contributed by atoms with Crippen molar-refractivity contribution < 1.29 is 13.5 Å². The number of aliphatic hydroxyl groups is 1. The van der Waals surface area contributed by atoms with Gasteiger partial charge >= 0.3 is 0 Å². The number of sulfonamides is 1. The Morgan fingerprint density at radius 3 is 2.63 bits per heavy atom. The maximum absolute atomic E-state index is 12.0. The van der Waals surface area contributed by atoms with E-state index in [0.29, 0.717) is 13.1 Å². The average Bonchev–Trinajstić information content (AvgIpc) is 2.27. The van der Waals surface area contributed by atoms with Gasteiger partial charge in [0, 0.05) is 19.6 Å². The molecular formula is C12H19ClN2O3S. The monoisotopic (exact) mass is 306 g/mol. The number of hydrogen-bond donors (Lipinski definition) is 3. The van der Waals surface area contributed by atoms with Gasteiger partial charge in [-0.05, 0) is 31.5 Å². The van der Waals surface area contributed by atoms with E-state index in [-0.39, 0.29) is 16.5 Å². The summed E-state index contributed by atoms with van der Waals surface area (Å²) in [6, 6.07) is 4.80. The van der Waals surface area contributed by atoms with Crippen molar-refractivity contribution in [3.63, 3.8) is 0 Å². The smallest absolute Gasteiger partial charge is 0.242 e. The molecule has 1 aromatic carbocycles. The van der Waals surface area contributed by atoms with Crippen molar-refractivity contribution >= 4 is 21.6 Å². The molecule has 1 aromatic rings. The fraction of sp³-hybridized carbons (Fsp3) is 0.500. The molecule has 1 unspecified atom stereocenters. The molecule has 0 aliphatic rings. The van der Waals surface area contributed by atoms with Crippen molar-refractivity contribution in [1.29, 1.82) is 0 Å². The summed E-state index contributed by atoms with van der Waals surface area (Å²) in [5.74, 6) is 0. The third-order valence-corrected chi connectivity index (χ3v) is 4.35. The third-order valence-electron chi connectivity index (χ3n) is 2.41. The van der Waals surface area contributed by atoms with Crippen LogP contribution in [0.2, 0.25) is 5.02 Å². The average molecular weight is 307 g/mol. The first kappa shape index (κ1) is 16.4. The predicted molar refractivity (Wildman–Crippen MR) is 75.9 cm³/mol. The standard InChI is InChI=1S/C12H19ClN2O3S/c1-9-3-4-12(11(13)7-9)19(17,18)15-6-5-14-8-10(2)16/h3-4,7,10,14-16H,5-6,8H2,1-2H3. The molecule has 0 bridgehead atoms. The highest BCUT2D eigenvalue weighted by molar-refractivity contribution is 7.89. The Bertz CT molecular complexity index is 518. The minimum atomic E-state index is -3.59. The SMILES string of the molecule is Cc1ccc(S(=O)(=O)NCCNCC(C)O)c(Cl)c1. The molecule has 19 heavy (non-hydrogen) atoms. The minimum absolute atomic E-state index is 0.0790. The van der Waals surface area contributed by atoms with Gasteiger partial charge in [0.05, 0.1) is 11.1 Å². The second-order valence-corrected chi connectivity index (χ2v) is 6.53. The lowest BCUT2D eigenvalue weighted by Gasteiger charge is -2.10. The van der Waals surface area contributed by atoms with E-state index >= 15 is 0 Å². The fourth-order valence-corrected chi connectivity index (χ4v) is 3.12. The van der Waals surface area contributed by atoms with Gasteiger partial charge in [0.2, 0.25) is 10.0 Å². The van der Waals surface area contributed by atoms with E-state index in [1.165, 1.54) is 6.07 Å². The van der Waals surface area contributed by atoms with Crippen LogP contribution in [-0.4, -0.2) is 39.3 Å². The van der Waals surface area contributed by atoms with Crippen LogP contribution in [-0.2, 0) is 10.0 Å². The Morgan fingerprint density at radius 1 is 1.37 bits per heavy atom. The van der Waals surface area contributed by atoms with Crippen LogP contribution in [0.15, 0.2) is 23.1 Å². The van der Waals surface area contributed by atoms with Crippen LogP contribution in [0, 0.1) is 6.92 Å². The van der Waals surface area contributed by atoms with E-state index in [4.69, 9.17) is 16.7 Å². The molecule has 5 nitrogen and oxygen atoms in total.